The molecule has 2 aromatic carbocycles. The Morgan fingerprint density at radius 1 is 1.11 bits per heavy atom. The molecule has 2 heterocycles. The molecule has 2 aromatic rings. The van der Waals surface area contributed by atoms with E-state index in [1.54, 1.807) is 18.2 Å². The van der Waals surface area contributed by atoms with Crippen molar-refractivity contribution >= 4 is 35.0 Å². The maximum atomic E-state index is 13.9. The van der Waals surface area contributed by atoms with Gasteiger partial charge in [-0.25, -0.2) is 0 Å². The summed E-state index contributed by atoms with van der Waals surface area (Å²) in [4.78, 5) is 31.2. The smallest absolute Gasteiger partial charge is 0.241 e. The molecular weight excluding hydrogens is 507 g/mol. The standard InChI is InChI=1S/C29H38Cl2N4O2/c1-19(2)14-27(33-28(36)16-21-9-11-24(30)25(31)15-21)34-13-12-23(10-8-20-6-4-3-5-7-20)35-18-22(32)17-26(35)29(34)37/h3-7,9,11,15,19,22-23,26-27H,8,10,12-14,16-18,32H2,1-2H3,(H,33,36)/t22-,23?,26+,27-/m1/s1. The third-order valence-electron chi connectivity index (χ3n) is 7.47. The van der Waals surface area contributed by atoms with Gasteiger partial charge in [0.2, 0.25) is 11.8 Å². The number of benzene rings is 2. The molecule has 4 atom stereocenters. The predicted octanol–water partition coefficient (Wildman–Crippen LogP) is 4.66. The summed E-state index contributed by atoms with van der Waals surface area (Å²) in [6, 6.07) is 15.7. The van der Waals surface area contributed by atoms with E-state index in [0.29, 0.717) is 35.3 Å². The number of nitrogens with zero attached hydrogens (tertiary/aromatic N) is 2. The van der Waals surface area contributed by atoms with Crippen LogP contribution >= 0.6 is 23.2 Å². The van der Waals surface area contributed by atoms with Gasteiger partial charge in [-0.15, -0.1) is 0 Å². The van der Waals surface area contributed by atoms with Crippen molar-refractivity contribution in [3.63, 3.8) is 0 Å². The number of carbonyl (C=O) groups excluding carboxylic acids is 2. The lowest BCUT2D eigenvalue weighted by molar-refractivity contribution is -0.139. The van der Waals surface area contributed by atoms with Gasteiger partial charge in [-0.3, -0.25) is 14.5 Å². The molecule has 37 heavy (non-hydrogen) atoms. The zero-order valence-corrected chi connectivity index (χ0v) is 23.2. The molecule has 0 aliphatic carbocycles. The maximum Gasteiger partial charge on any atom is 0.241 e. The molecule has 0 spiro atoms. The molecular formula is C29H38Cl2N4O2. The summed E-state index contributed by atoms with van der Waals surface area (Å²) in [6.45, 7) is 5.58. The van der Waals surface area contributed by atoms with E-state index in [4.69, 9.17) is 28.9 Å². The van der Waals surface area contributed by atoms with Gasteiger partial charge >= 0.3 is 0 Å². The Labute approximate surface area is 230 Å². The Morgan fingerprint density at radius 3 is 2.57 bits per heavy atom. The Bertz CT molecular complexity index is 1080. The van der Waals surface area contributed by atoms with E-state index >= 15 is 0 Å². The molecule has 2 saturated heterocycles. The van der Waals surface area contributed by atoms with Crippen molar-refractivity contribution < 1.29 is 9.59 Å². The second kappa shape index (κ2) is 12.6. The number of hydrogen-bond donors (Lipinski definition) is 2. The van der Waals surface area contributed by atoms with Crippen LogP contribution in [0.5, 0.6) is 0 Å². The summed E-state index contributed by atoms with van der Waals surface area (Å²) in [5.74, 6) is 0.250. The number of hydrogen-bond acceptors (Lipinski definition) is 4. The maximum absolute atomic E-state index is 13.9. The molecule has 0 bridgehead atoms. The number of aryl methyl sites for hydroxylation is 1. The van der Waals surface area contributed by atoms with Crippen LogP contribution in [-0.4, -0.2) is 59.0 Å². The van der Waals surface area contributed by atoms with E-state index < -0.39 is 0 Å². The highest BCUT2D eigenvalue weighted by molar-refractivity contribution is 6.42. The molecule has 2 aliphatic rings. The summed E-state index contributed by atoms with van der Waals surface area (Å²) in [5.41, 5.74) is 8.46. The van der Waals surface area contributed by atoms with E-state index in [1.165, 1.54) is 5.56 Å². The van der Waals surface area contributed by atoms with Crippen LogP contribution < -0.4 is 11.1 Å². The number of nitrogens with one attached hydrogen (secondary N) is 1. The first-order valence-corrected chi connectivity index (χ1v) is 14.1. The Balaban J connectivity index is 1.49. The second-order valence-corrected chi connectivity index (χ2v) is 11.7. The summed E-state index contributed by atoms with van der Waals surface area (Å²) < 4.78 is 0. The largest absolute Gasteiger partial charge is 0.336 e. The van der Waals surface area contributed by atoms with Gasteiger partial charge in [0.15, 0.2) is 0 Å². The van der Waals surface area contributed by atoms with Crippen LogP contribution in [0.1, 0.15) is 50.7 Å². The molecule has 8 heteroatoms. The van der Waals surface area contributed by atoms with Crippen LogP contribution in [0.2, 0.25) is 10.0 Å². The van der Waals surface area contributed by atoms with Gasteiger partial charge in [0.1, 0.15) is 6.17 Å². The van der Waals surface area contributed by atoms with Crippen LogP contribution in [-0.2, 0) is 22.4 Å². The fourth-order valence-electron chi connectivity index (χ4n) is 5.68. The average Bonchev–Trinajstić information content (AvgIpc) is 3.19. The third kappa shape index (κ3) is 7.26. The topological polar surface area (TPSA) is 78.7 Å². The van der Waals surface area contributed by atoms with Gasteiger partial charge in [-0.2, -0.15) is 0 Å². The van der Waals surface area contributed by atoms with Crippen LogP contribution in [0.3, 0.4) is 0 Å². The molecule has 200 valence electrons. The van der Waals surface area contributed by atoms with E-state index in [-0.39, 0.29) is 42.5 Å². The molecule has 2 fully saturated rings. The van der Waals surface area contributed by atoms with Crippen molar-refractivity contribution in [2.75, 3.05) is 13.1 Å². The van der Waals surface area contributed by atoms with Crippen molar-refractivity contribution in [2.24, 2.45) is 11.7 Å². The summed E-state index contributed by atoms with van der Waals surface area (Å²) in [5, 5.41) is 4.04. The van der Waals surface area contributed by atoms with Gasteiger partial charge < -0.3 is 16.0 Å². The number of carbonyl (C=O) groups is 2. The molecule has 0 radical (unpaired) electrons. The molecule has 0 aromatic heterocycles. The van der Waals surface area contributed by atoms with E-state index in [2.05, 4.69) is 48.3 Å². The summed E-state index contributed by atoms with van der Waals surface area (Å²) in [7, 11) is 0. The monoisotopic (exact) mass is 544 g/mol. The number of rotatable bonds is 9. The zero-order chi connectivity index (χ0) is 26.5. The fourth-order valence-corrected chi connectivity index (χ4v) is 6.00. The van der Waals surface area contributed by atoms with Gasteiger partial charge in [-0.1, -0.05) is 73.4 Å². The lowest BCUT2D eigenvalue weighted by Crippen LogP contribution is -2.55. The quantitative estimate of drug-likeness (QED) is 0.481. The van der Waals surface area contributed by atoms with Crippen molar-refractivity contribution in [2.45, 2.75) is 76.7 Å². The summed E-state index contributed by atoms with van der Waals surface area (Å²) >= 11 is 12.2. The highest BCUT2D eigenvalue weighted by atomic mass is 35.5. The van der Waals surface area contributed by atoms with Crippen molar-refractivity contribution in [1.29, 1.82) is 0 Å². The number of fused-ring (bicyclic) bond motifs is 1. The zero-order valence-electron chi connectivity index (χ0n) is 21.7. The van der Waals surface area contributed by atoms with Crippen molar-refractivity contribution in [1.82, 2.24) is 15.1 Å². The van der Waals surface area contributed by atoms with E-state index in [1.807, 2.05) is 11.0 Å². The highest BCUT2D eigenvalue weighted by Gasteiger charge is 2.44. The molecule has 6 nitrogen and oxygen atoms in total. The predicted molar refractivity (Wildman–Crippen MR) is 150 cm³/mol. The van der Waals surface area contributed by atoms with Crippen LogP contribution in [0.4, 0.5) is 0 Å². The molecule has 4 rings (SSSR count). The number of halogens is 2. The van der Waals surface area contributed by atoms with Crippen LogP contribution in [0.15, 0.2) is 48.5 Å². The van der Waals surface area contributed by atoms with Crippen molar-refractivity contribution in [3.05, 3.63) is 69.7 Å². The first-order valence-electron chi connectivity index (χ1n) is 13.3. The molecule has 3 N–H and O–H groups in total. The lowest BCUT2D eigenvalue weighted by Gasteiger charge is -2.34. The summed E-state index contributed by atoms with van der Waals surface area (Å²) in [6.07, 6.45) is 3.96. The van der Waals surface area contributed by atoms with Crippen LogP contribution in [0, 0.1) is 5.92 Å². The minimum Gasteiger partial charge on any atom is -0.336 e. The minimum absolute atomic E-state index is 0.0130. The fraction of sp³-hybridized carbons (Fsp3) is 0.517. The average molecular weight is 546 g/mol. The molecule has 2 amide bonds. The molecule has 1 unspecified atom stereocenters. The first-order chi connectivity index (χ1) is 17.7. The van der Waals surface area contributed by atoms with Gasteiger partial charge in [0.25, 0.3) is 0 Å². The van der Waals surface area contributed by atoms with Gasteiger partial charge in [0, 0.05) is 25.2 Å². The number of amides is 2. The molecule has 0 saturated carbocycles. The Hall–Kier alpha value is -2.12. The molecule has 2 aliphatic heterocycles. The van der Waals surface area contributed by atoms with E-state index in [9.17, 15) is 9.59 Å². The van der Waals surface area contributed by atoms with Crippen LogP contribution in [0.25, 0.3) is 0 Å². The highest BCUT2D eigenvalue weighted by Crippen LogP contribution is 2.30. The van der Waals surface area contributed by atoms with Gasteiger partial charge in [0.05, 0.1) is 22.5 Å². The lowest BCUT2D eigenvalue weighted by atomic mass is 10.0. The Morgan fingerprint density at radius 2 is 1.86 bits per heavy atom. The third-order valence-corrected chi connectivity index (χ3v) is 8.21. The minimum atomic E-state index is -0.366. The second-order valence-electron chi connectivity index (χ2n) is 10.8. The number of nitrogens with two attached hydrogens (primary N) is 1. The Kier molecular flexibility index (Phi) is 9.51. The normalized spacial score (nSPS) is 23.1. The SMILES string of the molecule is CC(C)C[C@H](NC(=O)Cc1ccc(Cl)c(Cl)c1)N1CCC(CCc2ccccc2)N2C[C@H](N)C[C@H]2C1=O. The van der Waals surface area contributed by atoms with Crippen molar-refractivity contribution in [3.8, 4) is 0 Å². The first kappa shape index (κ1) is 27.9. The van der Waals surface area contributed by atoms with E-state index in [0.717, 1.165) is 31.4 Å². The van der Waals surface area contributed by atoms with Gasteiger partial charge in [-0.05, 0) is 61.3 Å².